The Labute approximate surface area is 129 Å². The second kappa shape index (κ2) is 7.22. The van der Waals surface area contributed by atoms with Crippen LogP contribution < -0.4 is 10.1 Å². The van der Waals surface area contributed by atoms with Gasteiger partial charge in [0.25, 0.3) is 5.91 Å². The summed E-state index contributed by atoms with van der Waals surface area (Å²) in [6, 6.07) is 7.36. The Bertz CT molecular complexity index is 593. The Morgan fingerprint density at radius 3 is 2.67 bits per heavy atom. The number of carbonyl (C=O) groups excluding carboxylic acids is 1. The average molecular weight is 304 g/mol. The van der Waals surface area contributed by atoms with E-state index in [1.165, 1.54) is 0 Å². The van der Waals surface area contributed by atoms with E-state index in [-0.39, 0.29) is 11.9 Å². The van der Waals surface area contributed by atoms with Crippen molar-refractivity contribution < 1.29 is 9.53 Å². The number of benzene rings is 1. The molecule has 0 saturated carbocycles. The maximum absolute atomic E-state index is 11.9. The summed E-state index contributed by atoms with van der Waals surface area (Å²) >= 11 is 1.59. The van der Waals surface area contributed by atoms with Gasteiger partial charge in [0.1, 0.15) is 17.4 Å². The van der Waals surface area contributed by atoms with Gasteiger partial charge in [-0.25, -0.2) is 4.98 Å². The molecule has 1 aromatic heterocycles. The fourth-order valence-electron chi connectivity index (χ4n) is 1.73. The highest BCUT2D eigenvalue weighted by molar-refractivity contribution is 7.09. The number of rotatable bonds is 6. The molecule has 0 aliphatic carbocycles. The number of aryl methyl sites for hydroxylation is 1. The molecule has 0 bridgehead atoms. The maximum Gasteiger partial charge on any atom is 0.251 e. The fourth-order valence-corrected chi connectivity index (χ4v) is 2.41. The first-order chi connectivity index (χ1) is 10.1. The number of ether oxygens (including phenoxy) is 1. The highest BCUT2D eigenvalue weighted by atomic mass is 32.1. The summed E-state index contributed by atoms with van der Waals surface area (Å²) in [5, 5.41) is 5.89. The molecule has 4 nitrogen and oxygen atoms in total. The van der Waals surface area contributed by atoms with Crippen LogP contribution in [0.1, 0.15) is 41.3 Å². The normalized spacial score (nSPS) is 12.0. The SMILES string of the molecule is CCC(C)NC(=O)c1ccc(OCc2nc(C)cs2)cc1. The average Bonchev–Trinajstić information content (AvgIpc) is 2.91. The highest BCUT2D eigenvalue weighted by Crippen LogP contribution is 2.16. The molecule has 0 aliphatic heterocycles. The first-order valence-electron chi connectivity index (χ1n) is 7.03. The lowest BCUT2D eigenvalue weighted by Gasteiger charge is -2.11. The molecular formula is C16H20N2O2S. The van der Waals surface area contributed by atoms with Crippen LogP contribution in [-0.2, 0) is 6.61 Å². The van der Waals surface area contributed by atoms with E-state index in [0.29, 0.717) is 12.2 Å². The molecule has 0 spiro atoms. The molecule has 112 valence electrons. The van der Waals surface area contributed by atoms with Crippen molar-refractivity contribution in [3.05, 3.63) is 45.9 Å². The van der Waals surface area contributed by atoms with Gasteiger partial charge in [-0.2, -0.15) is 0 Å². The Hall–Kier alpha value is -1.88. The zero-order chi connectivity index (χ0) is 15.2. The number of nitrogens with zero attached hydrogens (tertiary/aromatic N) is 1. The van der Waals surface area contributed by atoms with Crippen molar-refractivity contribution >= 4 is 17.2 Å². The summed E-state index contributed by atoms with van der Waals surface area (Å²) in [7, 11) is 0. The van der Waals surface area contributed by atoms with E-state index in [0.717, 1.165) is 22.9 Å². The highest BCUT2D eigenvalue weighted by Gasteiger charge is 2.08. The predicted octanol–water partition coefficient (Wildman–Crippen LogP) is 3.56. The van der Waals surface area contributed by atoms with Gasteiger partial charge in [-0.1, -0.05) is 6.92 Å². The van der Waals surface area contributed by atoms with Crippen molar-refractivity contribution in [3.63, 3.8) is 0 Å². The van der Waals surface area contributed by atoms with E-state index >= 15 is 0 Å². The molecule has 1 N–H and O–H groups in total. The zero-order valence-electron chi connectivity index (χ0n) is 12.6. The van der Waals surface area contributed by atoms with Gasteiger partial charge in [0.05, 0.1) is 0 Å². The second-order valence-corrected chi connectivity index (χ2v) is 5.92. The summed E-state index contributed by atoms with van der Waals surface area (Å²) in [6.45, 7) is 6.45. The van der Waals surface area contributed by atoms with Crippen LogP contribution in [0.5, 0.6) is 5.75 Å². The van der Waals surface area contributed by atoms with E-state index in [4.69, 9.17) is 4.74 Å². The molecule has 1 amide bonds. The molecule has 21 heavy (non-hydrogen) atoms. The third kappa shape index (κ3) is 4.56. The molecule has 0 saturated heterocycles. The Morgan fingerprint density at radius 2 is 2.10 bits per heavy atom. The molecule has 0 fully saturated rings. The van der Waals surface area contributed by atoms with Gasteiger partial charge in [0, 0.05) is 22.7 Å². The number of aromatic nitrogens is 1. The topological polar surface area (TPSA) is 51.2 Å². The minimum atomic E-state index is -0.0496. The summed E-state index contributed by atoms with van der Waals surface area (Å²) in [6.07, 6.45) is 0.917. The van der Waals surface area contributed by atoms with Crippen LogP contribution >= 0.6 is 11.3 Å². The Morgan fingerprint density at radius 1 is 1.38 bits per heavy atom. The van der Waals surface area contributed by atoms with Gasteiger partial charge in [0.2, 0.25) is 0 Å². The summed E-state index contributed by atoms with van der Waals surface area (Å²) in [5.41, 5.74) is 1.66. The minimum absolute atomic E-state index is 0.0496. The van der Waals surface area contributed by atoms with E-state index in [2.05, 4.69) is 10.3 Å². The number of carbonyl (C=O) groups is 1. The van der Waals surface area contributed by atoms with Crippen molar-refractivity contribution in [3.8, 4) is 5.75 Å². The summed E-state index contributed by atoms with van der Waals surface area (Å²) < 4.78 is 5.66. The zero-order valence-corrected chi connectivity index (χ0v) is 13.4. The van der Waals surface area contributed by atoms with Gasteiger partial charge < -0.3 is 10.1 Å². The van der Waals surface area contributed by atoms with Crippen LogP contribution in [-0.4, -0.2) is 16.9 Å². The van der Waals surface area contributed by atoms with Crippen LogP contribution in [0.4, 0.5) is 0 Å². The van der Waals surface area contributed by atoms with Crippen LogP contribution in [0.15, 0.2) is 29.6 Å². The standard InChI is InChI=1S/C16H20N2O2S/c1-4-11(2)18-16(19)13-5-7-14(8-6-13)20-9-15-17-12(3)10-21-15/h5-8,10-11H,4,9H2,1-3H3,(H,18,19). The second-order valence-electron chi connectivity index (χ2n) is 4.98. The Balaban J connectivity index is 1.91. The number of amides is 1. The van der Waals surface area contributed by atoms with Crippen LogP contribution in [0.3, 0.4) is 0 Å². The Kier molecular flexibility index (Phi) is 5.33. The fraction of sp³-hybridized carbons (Fsp3) is 0.375. The van der Waals surface area contributed by atoms with Crippen LogP contribution in [0, 0.1) is 6.92 Å². The van der Waals surface area contributed by atoms with E-state index in [1.54, 1.807) is 23.5 Å². The molecule has 1 heterocycles. The molecule has 2 rings (SSSR count). The molecule has 5 heteroatoms. The molecule has 1 atom stereocenters. The lowest BCUT2D eigenvalue weighted by molar-refractivity contribution is 0.0939. The van der Waals surface area contributed by atoms with Gasteiger partial charge in [-0.05, 0) is 44.5 Å². The predicted molar refractivity (Wildman–Crippen MR) is 84.8 cm³/mol. The monoisotopic (exact) mass is 304 g/mol. The van der Waals surface area contributed by atoms with Gasteiger partial charge >= 0.3 is 0 Å². The van der Waals surface area contributed by atoms with Gasteiger partial charge in [-0.15, -0.1) is 11.3 Å². The third-order valence-corrected chi connectivity index (χ3v) is 4.08. The third-order valence-electron chi connectivity index (χ3n) is 3.14. The molecule has 2 aromatic rings. The van der Waals surface area contributed by atoms with Crippen LogP contribution in [0.25, 0.3) is 0 Å². The van der Waals surface area contributed by atoms with Gasteiger partial charge in [0.15, 0.2) is 0 Å². The number of hydrogen-bond donors (Lipinski definition) is 1. The molecule has 0 radical (unpaired) electrons. The number of thiazole rings is 1. The van der Waals surface area contributed by atoms with Crippen molar-refractivity contribution in [1.29, 1.82) is 0 Å². The first-order valence-corrected chi connectivity index (χ1v) is 7.91. The molecule has 1 aromatic carbocycles. The van der Waals surface area contributed by atoms with Crippen molar-refractivity contribution in [2.24, 2.45) is 0 Å². The minimum Gasteiger partial charge on any atom is -0.486 e. The smallest absolute Gasteiger partial charge is 0.251 e. The van der Waals surface area contributed by atoms with Crippen LogP contribution in [0.2, 0.25) is 0 Å². The largest absolute Gasteiger partial charge is 0.486 e. The maximum atomic E-state index is 11.9. The molecular weight excluding hydrogens is 284 g/mol. The van der Waals surface area contributed by atoms with Gasteiger partial charge in [-0.3, -0.25) is 4.79 Å². The summed E-state index contributed by atoms with van der Waals surface area (Å²) in [4.78, 5) is 16.3. The first kappa shape index (κ1) is 15.5. The van der Waals surface area contributed by atoms with E-state index in [9.17, 15) is 4.79 Å². The van der Waals surface area contributed by atoms with Crippen molar-refractivity contribution in [2.75, 3.05) is 0 Å². The lowest BCUT2D eigenvalue weighted by Crippen LogP contribution is -2.31. The van der Waals surface area contributed by atoms with Crippen molar-refractivity contribution in [2.45, 2.75) is 39.8 Å². The summed E-state index contributed by atoms with van der Waals surface area (Å²) in [5.74, 6) is 0.689. The quantitative estimate of drug-likeness (QED) is 0.887. The number of hydrogen-bond acceptors (Lipinski definition) is 4. The van der Waals surface area contributed by atoms with Crippen molar-refractivity contribution in [1.82, 2.24) is 10.3 Å². The molecule has 0 aliphatic rings. The number of nitrogens with one attached hydrogen (secondary N) is 1. The lowest BCUT2D eigenvalue weighted by atomic mass is 10.2. The van der Waals surface area contributed by atoms with E-state index in [1.807, 2.05) is 38.3 Å². The van der Waals surface area contributed by atoms with E-state index < -0.39 is 0 Å². The molecule has 1 unspecified atom stereocenters.